The molecule has 0 aliphatic carbocycles. The van der Waals surface area contributed by atoms with Crippen LogP contribution in [-0.2, 0) is 35.2 Å². The Hall–Kier alpha value is -4.05. The maximum absolute atomic E-state index is 13.2. The van der Waals surface area contributed by atoms with E-state index in [2.05, 4.69) is 25.9 Å². The summed E-state index contributed by atoms with van der Waals surface area (Å²) in [6, 6.07) is -4.90. The molecule has 4 unspecified atom stereocenters. The molecule has 38 heavy (non-hydrogen) atoms. The molecule has 0 aliphatic heterocycles. The van der Waals surface area contributed by atoms with Crippen LogP contribution in [0.3, 0.4) is 0 Å². The first-order valence-electron chi connectivity index (χ1n) is 12.1. The second kappa shape index (κ2) is 16.6. The average molecular weight is 540 g/mol. The quantitative estimate of drug-likeness (QED) is 0.0780. The third-order valence-electron chi connectivity index (χ3n) is 5.52. The zero-order valence-electron chi connectivity index (χ0n) is 21.0. The lowest BCUT2D eigenvalue weighted by Gasteiger charge is -2.25. The molecule has 5 amide bonds. The summed E-state index contributed by atoms with van der Waals surface area (Å²) in [6.07, 6.45) is 3.24. The van der Waals surface area contributed by atoms with Crippen molar-refractivity contribution in [1.29, 1.82) is 0 Å². The van der Waals surface area contributed by atoms with Crippen LogP contribution in [-0.4, -0.2) is 81.3 Å². The number of amides is 5. The van der Waals surface area contributed by atoms with Crippen molar-refractivity contribution in [3.8, 4) is 0 Å². The van der Waals surface area contributed by atoms with Gasteiger partial charge in [-0.1, -0.05) is 0 Å². The molecule has 0 bridgehead atoms. The minimum absolute atomic E-state index is 0.0228. The number of carboxylic acid groups (broad SMARTS) is 1. The Morgan fingerprint density at radius 1 is 0.842 bits per heavy atom. The summed E-state index contributed by atoms with van der Waals surface area (Å²) in [5.74, 6) is -5.00. The number of aliphatic carboxylic acids is 1. The molecule has 16 heteroatoms. The van der Waals surface area contributed by atoms with Crippen LogP contribution < -0.4 is 38.9 Å². The first kappa shape index (κ1) is 32.0. The highest BCUT2D eigenvalue weighted by molar-refractivity contribution is 5.94. The van der Waals surface area contributed by atoms with Crippen LogP contribution in [0.25, 0.3) is 0 Å². The van der Waals surface area contributed by atoms with E-state index >= 15 is 0 Å². The monoisotopic (exact) mass is 539 g/mol. The van der Waals surface area contributed by atoms with Crippen molar-refractivity contribution in [1.82, 2.24) is 25.9 Å². The summed E-state index contributed by atoms with van der Waals surface area (Å²) >= 11 is 0. The second-order valence-electron chi connectivity index (χ2n) is 8.70. The first-order chi connectivity index (χ1) is 17.9. The van der Waals surface area contributed by atoms with E-state index in [4.69, 9.17) is 22.9 Å². The number of nitrogens with zero attached hydrogens (tertiary/aromatic N) is 1. The lowest BCUT2D eigenvalue weighted by molar-refractivity contribution is -0.142. The number of hydrogen-bond acceptors (Lipinski definition) is 9. The van der Waals surface area contributed by atoms with Crippen LogP contribution in [0.1, 0.15) is 50.6 Å². The van der Waals surface area contributed by atoms with Crippen molar-refractivity contribution in [2.45, 2.75) is 75.5 Å². The maximum Gasteiger partial charge on any atom is 0.326 e. The number of aromatic nitrogens is 2. The fourth-order valence-corrected chi connectivity index (χ4v) is 3.38. The Morgan fingerprint density at radius 3 is 1.97 bits per heavy atom. The number of rotatable bonds is 19. The Balaban J connectivity index is 3.04. The standard InChI is InChI=1S/C22H37N9O7/c23-8-2-1-3-14(29-19(34)13(24)4-6-17(25)32)20(35)31-16(9-12-10-27-11-28-12)21(36)30-15(22(37)38)5-7-18(26)33/h10-11,13-16H,1-9,23-24H2,(H2,25,32)(H2,26,33)(H,27,28)(H,29,34)(H,30,36)(H,31,35)(H,37,38). The highest BCUT2D eigenvalue weighted by Gasteiger charge is 2.30. The smallest absolute Gasteiger partial charge is 0.326 e. The molecule has 0 spiro atoms. The topological polar surface area (TPSA) is 292 Å². The molecule has 0 radical (unpaired) electrons. The molecule has 0 fully saturated rings. The molecule has 0 aromatic carbocycles. The Bertz CT molecular complexity index is 955. The molecule has 1 aromatic rings. The zero-order valence-corrected chi connectivity index (χ0v) is 21.0. The predicted molar refractivity (Wildman–Crippen MR) is 133 cm³/mol. The molecule has 0 aliphatic rings. The number of carboxylic acids is 1. The molecular formula is C22H37N9O7. The third kappa shape index (κ3) is 12.3. The Morgan fingerprint density at radius 2 is 1.42 bits per heavy atom. The minimum atomic E-state index is -1.43. The van der Waals surface area contributed by atoms with Gasteiger partial charge in [0.25, 0.3) is 0 Å². The van der Waals surface area contributed by atoms with E-state index in [1.807, 2.05) is 0 Å². The highest BCUT2D eigenvalue weighted by Crippen LogP contribution is 2.07. The fraction of sp³-hybridized carbons (Fsp3) is 0.591. The van der Waals surface area contributed by atoms with Crippen LogP contribution in [0.15, 0.2) is 12.5 Å². The van der Waals surface area contributed by atoms with Gasteiger partial charge in [0.2, 0.25) is 29.5 Å². The SMILES string of the molecule is NCCCCC(NC(=O)C(N)CCC(N)=O)C(=O)NC(Cc1cnc[nH]1)C(=O)NC(CCC(N)=O)C(=O)O. The van der Waals surface area contributed by atoms with E-state index in [1.54, 1.807) is 0 Å². The second-order valence-corrected chi connectivity index (χ2v) is 8.70. The lowest BCUT2D eigenvalue weighted by atomic mass is 10.0. The van der Waals surface area contributed by atoms with Crippen molar-refractivity contribution < 1.29 is 33.9 Å². The average Bonchev–Trinajstić information content (AvgIpc) is 3.36. The van der Waals surface area contributed by atoms with Crippen LogP contribution in [0.4, 0.5) is 0 Å². The summed E-state index contributed by atoms with van der Waals surface area (Å²) < 4.78 is 0. The fourth-order valence-electron chi connectivity index (χ4n) is 3.38. The van der Waals surface area contributed by atoms with E-state index in [0.717, 1.165) is 0 Å². The molecule has 16 nitrogen and oxygen atoms in total. The summed E-state index contributed by atoms with van der Waals surface area (Å²) in [5.41, 5.74) is 22.0. The summed E-state index contributed by atoms with van der Waals surface area (Å²) in [5, 5.41) is 16.8. The molecule has 1 heterocycles. The van der Waals surface area contributed by atoms with E-state index < -0.39 is 59.7 Å². The molecule has 1 rings (SSSR count). The zero-order chi connectivity index (χ0) is 28.7. The number of carbonyl (C=O) groups is 6. The van der Waals surface area contributed by atoms with Gasteiger partial charge in [-0.05, 0) is 38.6 Å². The van der Waals surface area contributed by atoms with Crippen molar-refractivity contribution in [2.24, 2.45) is 22.9 Å². The van der Waals surface area contributed by atoms with Crippen LogP contribution in [0, 0.1) is 0 Å². The number of hydrogen-bond donors (Lipinski definition) is 9. The number of nitrogens with one attached hydrogen (secondary N) is 4. The van der Waals surface area contributed by atoms with E-state index in [-0.39, 0.29) is 38.5 Å². The molecule has 13 N–H and O–H groups in total. The third-order valence-corrected chi connectivity index (χ3v) is 5.52. The number of aromatic amines is 1. The minimum Gasteiger partial charge on any atom is -0.480 e. The van der Waals surface area contributed by atoms with Crippen molar-refractivity contribution in [3.05, 3.63) is 18.2 Å². The predicted octanol–water partition coefficient (Wildman–Crippen LogP) is -3.52. The van der Waals surface area contributed by atoms with Gasteiger partial charge in [-0.2, -0.15) is 0 Å². The van der Waals surface area contributed by atoms with Gasteiger partial charge < -0.3 is 49.0 Å². The number of imidazole rings is 1. The van der Waals surface area contributed by atoms with Gasteiger partial charge in [-0.3, -0.25) is 24.0 Å². The van der Waals surface area contributed by atoms with Gasteiger partial charge in [0, 0.05) is 31.2 Å². The van der Waals surface area contributed by atoms with Crippen LogP contribution in [0.2, 0.25) is 0 Å². The Labute approximate surface area is 219 Å². The number of primary amides is 2. The summed E-state index contributed by atoms with van der Waals surface area (Å²) in [4.78, 5) is 79.0. The number of H-pyrrole nitrogens is 1. The molecule has 1 aromatic heterocycles. The number of carbonyl (C=O) groups excluding carboxylic acids is 5. The van der Waals surface area contributed by atoms with Crippen molar-refractivity contribution >= 4 is 35.5 Å². The van der Waals surface area contributed by atoms with Gasteiger partial charge in [-0.15, -0.1) is 0 Å². The number of unbranched alkanes of at least 4 members (excludes halogenated alkanes) is 1. The van der Waals surface area contributed by atoms with Crippen molar-refractivity contribution in [2.75, 3.05) is 6.54 Å². The molecule has 0 saturated heterocycles. The molecule has 212 valence electrons. The van der Waals surface area contributed by atoms with Gasteiger partial charge in [-0.25, -0.2) is 9.78 Å². The first-order valence-corrected chi connectivity index (χ1v) is 12.1. The molecular weight excluding hydrogens is 502 g/mol. The molecule has 0 saturated carbocycles. The van der Waals surface area contributed by atoms with E-state index in [0.29, 0.717) is 25.1 Å². The highest BCUT2D eigenvalue weighted by atomic mass is 16.4. The number of nitrogens with two attached hydrogens (primary N) is 4. The summed E-state index contributed by atoms with van der Waals surface area (Å²) in [6.45, 7) is 0.354. The normalized spacial score (nSPS) is 13.9. The van der Waals surface area contributed by atoms with Crippen LogP contribution >= 0.6 is 0 Å². The summed E-state index contributed by atoms with van der Waals surface area (Å²) in [7, 11) is 0. The largest absolute Gasteiger partial charge is 0.480 e. The Kier molecular flexibility index (Phi) is 14.0. The van der Waals surface area contributed by atoms with Crippen molar-refractivity contribution in [3.63, 3.8) is 0 Å². The van der Waals surface area contributed by atoms with Crippen LogP contribution in [0.5, 0.6) is 0 Å². The van der Waals surface area contributed by atoms with E-state index in [9.17, 15) is 33.9 Å². The van der Waals surface area contributed by atoms with Gasteiger partial charge in [0.05, 0.1) is 12.4 Å². The molecule has 4 atom stereocenters. The van der Waals surface area contributed by atoms with Gasteiger partial charge in [0.1, 0.15) is 18.1 Å². The lowest BCUT2D eigenvalue weighted by Crippen LogP contribution is -2.57. The van der Waals surface area contributed by atoms with E-state index in [1.165, 1.54) is 12.5 Å². The van der Waals surface area contributed by atoms with Gasteiger partial charge >= 0.3 is 5.97 Å². The van der Waals surface area contributed by atoms with Gasteiger partial charge in [0.15, 0.2) is 0 Å². The maximum atomic E-state index is 13.2.